The summed E-state index contributed by atoms with van der Waals surface area (Å²) in [5.41, 5.74) is -0.936. The van der Waals surface area contributed by atoms with Gasteiger partial charge in [-0.2, -0.15) is 13.2 Å². The largest absolute Gasteiger partial charge is 0.416 e. The molecule has 0 bridgehead atoms. The Labute approximate surface area is 141 Å². The van der Waals surface area contributed by atoms with E-state index < -0.39 is 47.8 Å². The Morgan fingerprint density at radius 2 is 1.72 bits per heavy atom. The van der Waals surface area contributed by atoms with Gasteiger partial charge in [-0.15, -0.1) is 0 Å². The molecular weight excluding hydrogens is 337 g/mol. The zero-order valence-corrected chi connectivity index (χ0v) is 13.0. The fraction of sp³-hybridized carbons (Fsp3) is 0.353. The molecule has 25 heavy (non-hydrogen) atoms. The third-order valence-electron chi connectivity index (χ3n) is 4.37. The van der Waals surface area contributed by atoms with Crippen molar-refractivity contribution in [2.45, 2.75) is 19.0 Å². The maximum absolute atomic E-state index is 12.7. The number of carbonyl (C=O) groups is 3. The average Bonchev–Trinajstić information content (AvgIpc) is 2.80. The number of nitrogens with zero attached hydrogens (tertiary/aromatic N) is 1. The van der Waals surface area contributed by atoms with E-state index in [1.807, 2.05) is 12.2 Å². The van der Waals surface area contributed by atoms with E-state index >= 15 is 0 Å². The van der Waals surface area contributed by atoms with Gasteiger partial charge in [-0.3, -0.25) is 19.3 Å². The van der Waals surface area contributed by atoms with Crippen LogP contribution >= 0.6 is 0 Å². The highest BCUT2D eigenvalue weighted by Gasteiger charge is 2.47. The van der Waals surface area contributed by atoms with Gasteiger partial charge in [-0.05, 0) is 31.0 Å². The highest BCUT2D eigenvalue weighted by molar-refractivity contribution is 6.08. The number of alkyl halides is 3. The summed E-state index contributed by atoms with van der Waals surface area (Å²) < 4.78 is 38.1. The number of likely N-dealkylation sites (tertiary alicyclic amines) is 1. The number of rotatable bonds is 3. The van der Waals surface area contributed by atoms with E-state index in [4.69, 9.17) is 0 Å². The average molecular weight is 352 g/mol. The van der Waals surface area contributed by atoms with Crippen molar-refractivity contribution in [3.05, 3.63) is 42.0 Å². The molecule has 1 heterocycles. The number of benzene rings is 1. The van der Waals surface area contributed by atoms with E-state index in [1.54, 1.807) is 0 Å². The molecule has 8 heteroatoms. The van der Waals surface area contributed by atoms with Gasteiger partial charge in [0, 0.05) is 5.69 Å². The van der Waals surface area contributed by atoms with Gasteiger partial charge in [0.2, 0.25) is 17.7 Å². The number of nitrogens with one attached hydrogen (secondary N) is 1. The van der Waals surface area contributed by atoms with Gasteiger partial charge >= 0.3 is 6.18 Å². The van der Waals surface area contributed by atoms with Gasteiger partial charge in [-0.1, -0.05) is 18.2 Å². The second-order valence-corrected chi connectivity index (χ2v) is 6.05. The van der Waals surface area contributed by atoms with Crippen LogP contribution in [0.4, 0.5) is 18.9 Å². The zero-order valence-electron chi connectivity index (χ0n) is 13.0. The van der Waals surface area contributed by atoms with Gasteiger partial charge in [0.05, 0.1) is 17.4 Å². The van der Waals surface area contributed by atoms with Gasteiger partial charge in [0.15, 0.2) is 0 Å². The maximum atomic E-state index is 12.7. The normalized spacial score (nSPS) is 22.9. The topological polar surface area (TPSA) is 66.5 Å². The number of carbonyl (C=O) groups excluding carboxylic acids is 3. The molecule has 3 amide bonds. The second kappa shape index (κ2) is 6.34. The van der Waals surface area contributed by atoms with Crippen LogP contribution in [-0.4, -0.2) is 29.2 Å². The van der Waals surface area contributed by atoms with Crippen molar-refractivity contribution in [3.8, 4) is 0 Å². The molecule has 0 spiro atoms. The molecule has 0 saturated carbocycles. The molecule has 0 radical (unpaired) electrons. The van der Waals surface area contributed by atoms with Crippen molar-refractivity contribution in [1.29, 1.82) is 0 Å². The van der Waals surface area contributed by atoms with Crippen LogP contribution in [0.5, 0.6) is 0 Å². The smallest absolute Gasteiger partial charge is 0.325 e. The first-order valence-electron chi connectivity index (χ1n) is 7.74. The van der Waals surface area contributed by atoms with E-state index in [0.29, 0.717) is 12.8 Å². The van der Waals surface area contributed by atoms with Crippen LogP contribution in [0, 0.1) is 11.8 Å². The Morgan fingerprint density at radius 3 is 2.28 bits per heavy atom. The lowest BCUT2D eigenvalue weighted by molar-refractivity contribution is -0.142. The summed E-state index contributed by atoms with van der Waals surface area (Å²) in [5.74, 6) is -2.41. The number of imide groups is 1. The molecule has 2 atom stereocenters. The first kappa shape index (κ1) is 17.2. The SMILES string of the molecule is O=C(CN1C(=O)[C@H]2CC=CC[C@@H]2C1=O)Nc1cccc(C(F)(F)F)c1. The highest BCUT2D eigenvalue weighted by Crippen LogP contribution is 2.35. The number of anilines is 1. The summed E-state index contributed by atoms with van der Waals surface area (Å²) in [6, 6.07) is 4.17. The number of fused-ring (bicyclic) bond motifs is 1. The Morgan fingerprint density at radius 1 is 1.12 bits per heavy atom. The lowest BCUT2D eigenvalue weighted by Crippen LogP contribution is -2.38. The fourth-order valence-electron chi connectivity index (χ4n) is 3.14. The fourth-order valence-corrected chi connectivity index (χ4v) is 3.14. The molecule has 1 aliphatic carbocycles. The molecule has 3 rings (SSSR count). The minimum absolute atomic E-state index is 0.0435. The number of amides is 3. The summed E-state index contributed by atoms with van der Waals surface area (Å²) in [5, 5.41) is 2.30. The maximum Gasteiger partial charge on any atom is 0.416 e. The van der Waals surface area contributed by atoms with Gasteiger partial charge in [-0.25, -0.2) is 0 Å². The Balaban J connectivity index is 1.67. The highest BCUT2D eigenvalue weighted by atomic mass is 19.4. The van der Waals surface area contributed by atoms with Crippen molar-refractivity contribution < 1.29 is 27.6 Å². The minimum atomic E-state index is -4.52. The van der Waals surface area contributed by atoms with Crippen molar-refractivity contribution in [2.24, 2.45) is 11.8 Å². The van der Waals surface area contributed by atoms with Crippen LogP contribution < -0.4 is 5.32 Å². The zero-order chi connectivity index (χ0) is 18.2. The molecule has 0 unspecified atom stereocenters. The van der Waals surface area contributed by atoms with Crippen LogP contribution in [-0.2, 0) is 20.6 Å². The van der Waals surface area contributed by atoms with Crippen LogP contribution in [0.1, 0.15) is 18.4 Å². The molecule has 132 valence electrons. The molecule has 1 N–H and O–H groups in total. The van der Waals surface area contributed by atoms with E-state index in [2.05, 4.69) is 5.32 Å². The molecule has 0 aromatic heterocycles. The van der Waals surface area contributed by atoms with E-state index in [1.165, 1.54) is 12.1 Å². The molecule has 5 nitrogen and oxygen atoms in total. The van der Waals surface area contributed by atoms with E-state index in [-0.39, 0.29) is 5.69 Å². The van der Waals surface area contributed by atoms with Crippen molar-refractivity contribution in [1.82, 2.24) is 4.90 Å². The summed E-state index contributed by atoms with van der Waals surface area (Å²) in [6.45, 7) is -0.499. The molecule has 1 aromatic rings. The first-order valence-corrected chi connectivity index (χ1v) is 7.74. The second-order valence-electron chi connectivity index (χ2n) is 6.05. The van der Waals surface area contributed by atoms with E-state index in [9.17, 15) is 27.6 Å². The van der Waals surface area contributed by atoms with Gasteiger partial charge in [0.25, 0.3) is 0 Å². The summed E-state index contributed by atoms with van der Waals surface area (Å²) in [7, 11) is 0. The quantitative estimate of drug-likeness (QED) is 0.672. The summed E-state index contributed by atoms with van der Waals surface area (Å²) in [4.78, 5) is 37.5. The Bertz CT molecular complexity index is 732. The van der Waals surface area contributed by atoms with Crippen molar-refractivity contribution in [3.63, 3.8) is 0 Å². The molecule has 1 fully saturated rings. The third-order valence-corrected chi connectivity index (χ3v) is 4.37. The van der Waals surface area contributed by atoms with Crippen molar-refractivity contribution >= 4 is 23.4 Å². The summed E-state index contributed by atoms with van der Waals surface area (Å²) >= 11 is 0. The van der Waals surface area contributed by atoms with Crippen LogP contribution in [0.15, 0.2) is 36.4 Å². The van der Waals surface area contributed by atoms with E-state index in [0.717, 1.165) is 17.0 Å². The number of allylic oxidation sites excluding steroid dienone is 2. The van der Waals surface area contributed by atoms with Crippen molar-refractivity contribution in [2.75, 3.05) is 11.9 Å². The lowest BCUT2D eigenvalue weighted by Gasteiger charge is -2.15. The number of halogens is 3. The molecular formula is C17H15F3N2O3. The standard InChI is InChI=1S/C17H15F3N2O3/c18-17(19,20)10-4-3-5-11(8-10)21-14(23)9-22-15(24)12-6-1-2-7-13(12)16(22)25/h1-5,8,12-13H,6-7,9H2,(H,21,23)/t12-,13-/m0/s1. The van der Waals surface area contributed by atoms with Gasteiger partial charge in [0.1, 0.15) is 6.54 Å². The number of hydrogen-bond donors (Lipinski definition) is 1. The van der Waals surface area contributed by atoms with Crippen LogP contribution in [0.25, 0.3) is 0 Å². The minimum Gasteiger partial charge on any atom is -0.325 e. The predicted octanol–water partition coefficient (Wildman–Crippen LogP) is 2.60. The van der Waals surface area contributed by atoms with Crippen LogP contribution in [0.3, 0.4) is 0 Å². The molecule has 2 aliphatic rings. The first-order chi connectivity index (χ1) is 11.8. The Kier molecular flexibility index (Phi) is 4.36. The summed E-state index contributed by atoms with van der Waals surface area (Å²) in [6.07, 6.45) is 0.0589. The number of hydrogen-bond acceptors (Lipinski definition) is 3. The monoisotopic (exact) mass is 352 g/mol. The predicted molar refractivity (Wildman–Crippen MR) is 82.1 cm³/mol. The molecule has 1 aromatic carbocycles. The third kappa shape index (κ3) is 3.42. The Hall–Kier alpha value is -2.64. The molecule has 1 saturated heterocycles. The van der Waals surface area contributed by atoms with Crippen LogP contribution in [0.2, 0.25) is 0 Å². The molecule has 1 aliphatic heterocycles. The van der Waals surface area contributed by atoms with Gasteiger partial charge < -0.3 is 5.32 Å². The lowest BCUT2D eigenvalue weighted by atomic mass is 9.85.